The van der Waals surface area contributed by atoms with Crippen molar-refractivity contribution in [2.24, 2.45) is 11.8 Å². The molecule has 0 radical (unpaired) electrons. The monoisotopic (exact) mass is 801 g/mol. The van der Waals surface area contributed by atoms with Crippen LogP contribution in [0.15, 0.2) is 71.9 Å². The summed E-state index contributed by atoms with van der Waals surface area (Å²) in [5.74, 6) is 0.819. The third-order valence-corrected chi connectivity index (χ3v) is 13.0. The van der Waals surface area contributed by atoms with Gasteiger partial charge in [0.05, 0.1) is 0 Å². The van der Waals surface area contributed by atoms with Gasteiger partial charge in [-0.3, -0.25) is 0 Å². The van der Waals surface area contributed by atoms with Crippen molar-refractivity contribution in [3.8, 4) is 23.0 Å². The zero-order chi connectivity index (χ0) is 42.8. The standard InChI is InChI=1S/C50H73NO7/c1-33(2)39-21-19-35(5)27-41(39)47-43(52)29-37(30-44(47)53)49(7,8)23-15-11-13-17-25-57-51(56)58-26-18-14-12-16-24-50(9,10)38-31-45(54)48(46(55)32-38)42-28-36(6)20-22-40(42)34(3)4/h27-32,39-42H,1,3,11-26H2,2,4-10H3,(H3-,52,53,54,55)/p+1/t39-,40-,41+,42+/m1/s1. The molecule has 0 saturated carbocycles. The van der Waals surface area contributed by atoms with E-state index in [9.17, 15) is 25.3 Å². The molecule has 58 heavy (non-hydrogen) atoms. The predicted molar refractivity (Wildman–Crippen MR) is 235 cm³/mol. The molecule has 4 atom stereocenters. The summed E-state index contributed by atoms with van der Waals surface area (Å²) in [6.07, 6.45) is 17.3. The summed E-state index contributed by atoms with van der Waals surface area (Å²) in [7, 11) is 0. The van der Waals surface area contributed by atoms with Gasteiger partial charge in [0, 0.05) is 23.0 Å². The maximum absolute atomic E-state index is 12.1. The number of hydrogen-bond acceptors (Lipinski definition) is 7. The van der Waals surface area contributed by atoms with Crippen molar-refractivity contribution in [3.63, 3.8) is 0 Å². The molecule has 8 nitrogen and oxygen atoms in total. The second-order valence-electron chi connectivity index (χ2n) is 18.9. The molecule has 320 valence electrons. The molecule has 0 aromatic heterocycles. The topological polar surface area (TPSA) is 119 Å². The van der Waals surface area contributed by atoms with Gasteiger partial charge in [0.1, 0.15) is 27.9 Å². The second-order valence-corrected chi connectivity index (χ2v) is 18.9. The Morgan fingerprint density at radius 3 is 1.28 bits per heavy atom. The molecule has 0 saturated heterocycles. The summed E-state index contributed by atoms with van der Waals surface area (Å²) < 4.78 is 0. The molecule has 4 rings (SSSR count). The SMILES string of the molecule is C=C(C)[C@H]1CCC(C)=C[C@@H]1c1c(O)cc(C(C)(C)CCCCCCO[N+](=O)OCCCCCCC(C)(C)c2cc(O)c([C@H]3C=C(C)CC[C@@H]3C(=C)C)c(O)c2)cc1O. The van der Waals surface area contributed by atoms with Crippen LogP contribution < -0.4 is 0 Å². The number of rotatable bonds is 22. The fraction of sp³-hybridized carbons (Fsp3) is 0.600. The van der Waals surface area contributed by atoms with Crippen LogP contribution in [0.3, 0.4) is 0 Å². The van der Waals surface area contributed by atoms with Crippen LogP contribution in [0.25, 0.3) is 0 Å². The van der Waals surface area contributed by atoms with E-state index in [1.165, 1.54) is 11.1 Å². The molecule has 2 aromatic rings. The molecule has 4 N–H and O–H groups in total. The van der Waals surface area contributed by atoms with Gasteiger partial charge in [-0.05, 0) is 150 Å². The Balaban J connectivity index is 1.09. The molecule has 8 heteroatoms. The number of unbranched alkanes of at least 4 members (excludes halogenated alkanes) is 6. The quantitative estimate of drug-likeness (QED) is 0.0532. The molecular weight excluding hydrogens is 727 g/mol. The highest BCUT2D eigenvalue weighted by Crippen LogP contribution is 2.49. The van der Waals surface area contributed by atoms with E-state index in [0.29, 0.717) is 24.3 Å². The van der Waals surface area contributed by atoms with Crippen LogP contribution in [-0.4, -0.2) is 38.7 Å². The van der Waals surface area contributed by atoms with E-state index >= 15 is 0 Å². The lowest BCUT2D eigenvalue weighted by atomic mass is 9.72. The van der Waals surface area contributed by atoms with Crippen molar-refractivity contribution in [3.05, 3.63) is 99.0 Å². The number of allylic oxidation sites excluding steroid dienone is 6. The first-order chi connectivity index (χ1) is 27.3. The van der Waals surface area contributed by atoms with Gasteiger partial charge in [-0.1, -0.05) is 101 Å². The number of phenolic OH excluding ortho intramolecular Hbond substituents is 4. The zero-order valence-electron chi connectivity index (χ0n) is 37.0. The molecule has 2 aliphatic carbocycles. The normalized spacial score (nSPS) is 19.9. The summed E-state index contributed by atoms with van der Waals surface area (Å²) in [6, 6.07) is 7.32. The first kappa shape index (κ1) is 46.5. The third-order valence-electron chi connectivity index (χ3n) is 13.0. The number of nitrogens with zero attached hydrogens (tertiary/aromatic N) is 1. The van der Waals surface area contributed by atoms with E-state index < -0.39 is 0 Å². The summed E-state index contributed by atoms with van der Waals surface area (Å²) in [6.45, 7) is 25.8. The molecule has 2 aliphatic rings. The molecule has 0 unspecified atom stereocenters. The van der Waals surface area contributed by atoms with E-state index in [1.807, 2.05) is 38.1 Å². The van der Waals surface area contributed by atoms with Crippen LogP contribution in [0, 0.1) is 16.7 Å². The molecular formula is C50H74NO7+. The van der Waals surface area contributed by atoms with Gasteiger partial charge in [-0.15, -0.1) is 0 Å². The molecule has 2 aromatic carbocycles. The average Bonchev–Trinajstić information content (AvgIpc) is 3.13. The second kappa shape index (κ2) is 20.7. The summed E-state index contributed by atoms with van der Waals surface area (Å²) in [5.41, 5.74) is 7.27. The maximum Gasteiger partial charge on any atom is 0.477 e. The van der Waals surface area contributed by atoms with Gasteiger partial charge >= 0.3 is 5.09 Å². The van der Waals surface area contributed by atoms with Crippen molar-refractivity contribution >= 4 is 0 Å². The first-order valence-electron chi connectivity index (χ1n) is 21.8. The van der Waals surface area contributed by atoms with E-state index in [4.69, 9.17) is 9.68 Å². The molecule has 0 heterocycles. The minimum atomic E-state index is -0.229. The minimum absolute atomic E-state index is 0.0785. The number of phenols is 4. The van der Waals surface area contributed by atoms with E-state index in [0.717, 1.165) is 112 Å². The highest BCUT2D eigenvalue weighted by Gasteiger charge is 2.33. The van der Waals surface area contributed by atoms with Gasteiger partial charge in [0.15, 0.2) is 13.2 Å². The van der Waals surface area contributed by atoms with Gasteiger partial charge in [-0.2, -0.15) is 9.68 Å². The molecule has 0 amide bonds. The van der Waals surface area contributed by atoms with E-state index in [-0.39, 0.29) is 62.6 Å². The molecule has 0 fully saturated rings. The van der Waals surface area contributed by atoms with Crippen molar-refractivity contribution in [2.45, 2.75) is 168 Å². The predicted octanol–water partition coefficient (Wildman–Crippen LogP) is 13.3. The third kappa shape index (κ3) is 12.4. The van der Waals surface area contributed by atoms with Crippen LogP contribution in [0.2, 0.25) is 0 Å². The Bertz CT molecular complexity index is 1640. The number of hydrogen-bond donors (Lipinski definition) is 4. The van der Waals surface area contributed by atoms with Crippen molar-refractivity contribution in [1.82, 2.24) is 0 Å². The fourth-order valence-corrected chi connectivity index (χ4v) is 9.17. The van der Waals surface area contributed by atoms with Crippen LogP contribution in [0.4, 0.5) is 0 Å². The van der Waals surface area contributed by atoms with Gasteiger partial charge in [0.25, 0.3) is 0 Å². The summed E-state index contributed by atoms with van der Waals surface area (Å²) >= 11 is 0. The van der Waals surface area contributed by atoms with Gasteiger partial charge < -0.3 is 20.4 Å². The highest BCUT2D eigenvalue weighted by molar-refractivity contribution is 5.54. The van der Waals surface area contributed by atoms with Gasteiger partial charge in [-0.25, -0.2) is 0 Å². The van der Waals surface area contributed by atoms with Crippen LogP contribution in [-0.2, 0) is 20.5 Å². The van der Waals surface area contributed by atoms with Crippen molar-refractivity contribution < 1.29 is 35.2 Å². The Labute approximate surface area is 349 Å². The maximum atomic E-state index is 12.1. The molecule has 0 bridgehead atoms. The Hall–Kier alpha value is -4.20. The smallest absolute Gasteiger partial charge is 0.477 e. The zero-order valence-corrected chi connectivity index (χ0v) is 37.0. The van der Waals surface area contributed by atoms with Gasteiger partial charge in [0.2, 0.25) is 0 Å². The number of aromatic hydroxyl groups is 4. The lowest BCUT2D eigenvalue weighted by Crippen LogP contribution is -2.19. The fourth-order valence-electron chi connectivity index (χ4n) is 9.17. The average molecular weight is 801 g/mol. The lowest BCUT2D eigenvalue weighted by molar-refractivity contribution is -0.981. The largest absolute Gasteiger partial charge is 0.507 e. The Morgan fingerprint density at radius 1 is 0.621 bits per heavy atom. The van der Waals surface area contributed by atoms with E-state index in [2.05, 4.69) is 66.9 Å². The molecule has 0 aliphatic heterocycles. The van der Waals surface area contributed by atoms with Crippen molar-refractivity contribution in [1.29, 1.82) is 0 Å². The Kier molecular flexibility index (Phi) is 16.6. The van der Waals surface area contributed by atoms with Crippen molar-refractivity contribution in [2.75, 3.05) is 13.2 Å². The minimum Gasteiger partial charge on any atom is -0.507 e. The summed E-state index contributed by atoms with van der Waals surface area (Å²) in [5, 5.41) is 44.8. The molecule has 0 spiro atoms. The first-order valence-corrected chi connectivity index (χ1v) is 21.8. The van der Waals surface area contributed by atoms with Crippen LogP contribution in [0.1, 0.15) is 179 Å². The summed E-state index contributed by atoms with van der Waals surface area (Å²) in [4.78, 5) is 22.5. The lowest BCUT2D eigenvalue weighted by Gasteiger charge is -2.32. The van der Waals surface area contributed by atoms with Crippen LogP contribution in [0.5, 0.6) is 23.0 Å². The van der Waals surface area contributed by atoms with E-state index in [1.54, 1.807) is 0 Å². The Morgan fingerprint density at radius 2 is 0.948 bits per heavy atom. The highest BCUT2D eigenvalue weighted by atomic mass is 17.0. The van der Waals surface area contributed by atoms with Crippen LogP contribution >= 0.6 is 0 Å². The number of benzene rings is 2.